The van der Waals surface area contributed by atoms with Crippen LogP contribution < -0.4 is 15.4 Å². The van der Waals surface area contributed by atoms with Crippen LogP contribution in [0.15, 0.2) is 36.4 Å². The highest BCUT2D eigenvalue weighted by Crippen LogP contribution is 2.72. The van der Waals surface area contributed by atoms with Crippen LogP contribution in [0, 0.1) is 29.1 Å². The van der Waals surface area contributed by atoms with Crippen molar-refractivity contribution >= 4 is 17.5 Å². The number of likely N-dealkylation sites (tertiary alicyclic amines) is 1. The number of methoxy groups -OCH3 is 1. The van der Waals surface area contributed by atoms with Crippen LogP contribution in [0.1, 0.15) is 38.5 Å². The highest BCUT2D eigenvalue weighted by Gasteiger charge is 2.69. The van der Waals surface area contributed by atoms with Gasteiger partial charge in [0.15, 0.2) is 0 Å². The zero-order valence-electron chi connectivity index (χ0n) is 19.0. The number of ether oxygens (including phenoxy) is 1. The molecule has 32 heavy (non-hydrogen) atoms. The van der Waals surface area contributed by atoms with E-state index < -0.39 is 0 Å². The molecule has 3 fully saturated rings. The van der Waals surface area contributed by atoms with Crippen molar-refractivity contribution in [2.75, 3.05) is 38.6 Å². The smallest absolute Gasteiger partial charge is 0.228 e. The van der Waals surface area contributed by atoms with E-state index in [1.807, 2.05) is 24.3 Å². The third-order valence-corrected chi connectivity index (χ3v) is 8.20. The van der Waals surface area contributed by atoms with E-state index in [-0.39, 0.29) is 40.9 Å². The highest BCUT2D eigenvalue weighted by atomic mass is 16.5. The number of hydrogen-bond acceptors (Lipinski definition) is 4. The second-order valence-electron chi connectivity index (χ2n) is 9.99. The molecule has 172 valence electrons. The molecule has 1 spiro atoms. The van der Waals surface area contributed by atoms with Crippen molar-refractivity contribution in [3.8, 4) is 5.75 Å². The molecule has 1 saturated heterocycles. The number of nitrogens with one attached hydrogen (secondary N) is 2. The van der Waals surface area contributed by atoms with Gasteiger partial charge in [0.05, 0.1) is 18.9 Å². The van der Waals surface area contributed by atoms with Crippen molar-refractivity contribution in [2.24, 2.45) is 29.1 Å². The van der Waals surface area contributed by atoms with Crippen molar-refractivity contribution in [1.29, 1.82) is 0 Å². The van der Waals surface area contributed by atoms with E-state index in [2.05, 4.69) is 27.7 Å². The third kappa shape index (κ3) is 3.94. The molecule has 6 nitrogen and oxygen atoms in total. The predicted molar refractivity (Wildman–Crippen MR) is 124 cm³/mol. The summed E-state index contributed by atoms with van der Waals surface area (Å²) in [5.41, 5.74) is 0.896. The molecule has 3 aliphatic carbocycles. The molecule has 1 aromatic rings. The minimum Gasteiger partial charge on any atom is -0.497 e. The summed E-state index contributed by atoms with van der Waals surface area (Å²) in [6, 6.07) is 7.38. The fraction of sp³-hybridized carbons (Fsp3) is 0.615. The Labute approximate surface area is 190 Å². The number of carbonyl (C=O) groups is 2. The number of benzene rings is 1. The molecule has 0 aromatic heterocycles. The number of nitrogens with zero attached hydrogens (tertiary/aromatic N) is 1. The first-order valence-corrected chi connectivity index (χ1v) is 12.3. The molecule has 4 aliphatic rings. The van der Waals surface area contributed by atoms with Gasteiger partial charge in [-0.3, -0.25) is 9.59 Å². The Hall–Kier alpha value is -2.34. The molecular weight excluding hydrogens is 402 g/mol. The maximum Gasteiger partial charge on any atom is 0.228 e. The fourth-order valence-corrected chi connectivity index (χ4v) is 6.41. The van der Waals surface area contributed by atoms with Gasteiger partial charge in [-0.05, 0) is 99.7 Å². The molecular formula is C26H35N3O3. The number of rotatable bonds is 9. The van der Waals surface area contributed by atoms with Gasteiger partial charge in [-0.1, -0.05) is 12.2 Å². The van der Waals surface area contributed by atoms with Crippen LogP contribution in [-0.4, -0.2) is 50.0 Å². The summed E-state index contributed by atoms with van der Waals surface area (Å²) >= 11 is 0. The number of unbranched alkanes of at least 4 members (excludes halogenated alkanes) is 1. The number of anilines is 1. The summed E-state index contributed by atoms with van der Waals surface area (Å²) < 4.78 is 5.20. The molecule has 5 rings (SSSR count). The SMILES string of the molecule is COc1ccc(NC(=O)[C@H]2[C@H](C(=O)NCCCCN3CCCC3)[C@H]3C=C[C@@H]2C32CC2)cc1. The summed E-state index contributed by atoms with van der Waals surface area (Å²) in [6.07, 6.45) is 11.4. The van der Waals surface area contributed by atoms with Crippen molar-refractivity contribution < 1.29 is 14.3 Å². The first-order chi connectivity index (χ1) is 15.6. The first-order valence-electron chi connectivity index (χ1n) is 12.3. The molecule has 1 aliphatic heterocycles. The second-order valence-corrected chi connectivity index (χ2v) is 9.99. The topological polar surface area (TPSA) is 70.7 Å². The van der Waals surface area contributed by atoms with E-state index in [1.165, 1.54) is 25.9 Å². The average molecular weight is 438 g/mol. The lowest BCUT2D eigenvalue weighted by Gasteiger charge is -2.26. The van der Waals surface area contributed by atoms with Crippen LogP contribution in [0.2, 0.25) is 0 Å². The lowest BCUT2D eigenvalue weighted by Crippen LogP contribution is -2.42. The van der Waals surface area contributed by atoms with Crippen LogP contribution in [0.4, 0.5) is 5.69 Å². The lowest BCUT2D eigenvalue weighted by atomic mass is 9.81. The summed E-state index contributed by atoms with van der Waals surface area (Å²) in [6.45, 7) is 4.26. The van der Waals surface area contributed by atoms with Gasteiger partial charge >= 0.3 is 0 Å². The Morgan fingerprint density at radius 1 is 1.00 bits per heavy atom. The molecule has 1 aromatic carbocycles. The van der Waals surface area contributed by atoms with Crippen LogP contribution in [-0.2, 0) is 9.59 Å². The summed E-state index contributed by atoms with van der Waals surface area (Å²) in [5.74, 6) is 0.602. The zero-order valence-corrected chi connectivity index (χ0v) is 19.0. The fourth-order valence-electron chi connectivity index (χ4n) is 6.41. The van der Waals surface area contributed by atoms with Crippen molar-refractivity contribution in [2.45, 2.75) is 38.5 Å². The van der Waals surface area contributed by atoms with E-state index in [9.17, 15) is 9.59 Å². The van der Waals surface area contributed by atoms with Crippen LogP contribution in [0.5, 0.6) is 5.75 Å². The molecule has 1 heterocycles. The average Bonchev–Trinajstić information content (AvgIpc) is 3.16. The van der Waals surface area contributed by atoms with Gasteiger partial charge in [-0.2, -0.15) is 0 Å². The van der Waals surface area contributed by atoms with Gasteiger partial charge in [-0.25, -0.2) is 0 Å². The maximum absolute atomic E-state index is 13.4. The Morgan fingerprint density at radius 3 is 2.28 bits per heavy atom. The minimum absolute atomic E-state index is 0.0347. The van der Waals surface area contributed by atoms with Crippen LogP contribution in [0.3, 0.4) is 0 Å². The molecule has 2 bridgehead atoms. The predicted octanol–water partition coefficient (Wildman–Crippen LogP) is 3.45. The molecule has 0 radical (unpaired) electrons. The quantitative estimate of drug-likeness (QED) is 0.459. The number of carbonyl (C=O) groups excluding carboxylic acids is 2. The summed E-state index contributed by atoms with van der Waals surface area (Å²) in [4.78, 5) is 29.1. The van der Waals surface area contributed by atoms with Crippen molar-refractivity contribution in [1.82, 2.24) is 10.2 Å². The van der Waals surface area contributed by atoms with E-state index in [4.69, 9.17) is 4.74 Å². The first kappa shape index (κ1) is 21.5. The number of amides is 2. The van der Waals surface area contributed by atoms with Crippen molar-refractivity contribution in [3.63, 3.8) is 0 Å². The summed E-state index contributed by atoms with van der Waals surface area (Å²) in [5, 5.41) is 6.24. The second kappa shape index (κ2) is 8.89. The van der Waals surface area contributed by atoms with Crippen molar-refractivity contribution in [3.05, 3.63) is 36.4 Å². The van der Waals surface area contributed by atoms with E-state index >= 15 is 0 Å². The Morgan fingerprint density at radius 2 is 1.66 bits per heavy atom. The Kier molecular flexibility index (Phi) is 5.97. The molecule has 0 unspecified atom stereocenters. The Bertz CT molecular complexity index is 871. The molecule has 4 atom stereocenters. The maximum atomic E-state index is 13.4. The molecule has 2 amide bonds. The number of hydrogen-bond donors (Lipinski definition) is 2. The van der Waals surface area contributed by atoms with E-state index in [1.54, 1.807) is 7.11 Å². The largest absolute Gasteiger partial charge is 0.497 e. The molecule has 2 saturated carbocycles. The van der Waals surface area contributed by atoms with Crippen LogP contribution in [0.25, 0.3) is 0 Å². The molecule has 6 heteroatoms. The van der Waals surface area contributed by atoms with Gasteiger partial charge in [0.25, 0.3) is 0 Å². The molecule has 2 N–H and O–H groups in total. The number of allylic oxidation sites excluding steroid dienone is 2. The van der Waals surface area contributed by atoms with Gasteiger partial charge in [0.2, 0.25) is 11.8 Å². The minimum atomic E-state index is -0.292. The van der Waals surface area contributed by atoms with E-state index in [0.717, 1.165) is 43.7 Å². The zero-order chi connectivity index (χ0) is 22.1. The van der Waals surface area contributed by atoms with E-state index in [0.29, 0.717) is 6.54 Å². The lowest BCUT2D eigenvalue weighted by molar-refractivity contribution is -0.132. The summed E-state index contributed by atoms with van der Waals surface area (Å²) in [7, 11) is 1.62. The highest BCUT2D eigenvalue weighted by molar-refractivity contribution is 5.97. The van der Waals surface area contributed by atoms with Crippen LogP contribution >= 0.6 is 0 Å². The Balaban J connectivity index is 1.20. The normalized spacial score (nSPS) is 29.4. The van der Waals surface area contributed by atoms with Gasteiger partial charge in [-0.15, -0.1) is 0 Å². The standard InChI is InChI=1S/C26H35N3O3/c1-32-19-8-6-18(7-9-19)28-25(31)23-21-11-10-20(26(21)12-13-26)22(23)24(30)27-14-2-3-15-29-16-4-5-17-29/h6-11,20-23H,2-5,12-17H2,1H3,(H,27,30)(H,28,31)/t20-,21+,22-,23-/m1/s1. The van der Waals surface area contributed by atoms with Gasteiger partial charge in [0.1, 0.15) is 5.75 Å². The third-order valence-electron chi connectivity index (χ3n) is 8.20. The van der Waals surface area contributed by atoms with Gasteiger partial charge < -0.3 is 20.3 Å². The van der Waals surface area contributed by atoms with Gasteiger partial charge in [0, 0.05) is 12.2 Å². The monoisotopic (exact) mass is 437 g/mol.